The molecule has 0 bridgehead atoms. The maximum atomic E-state index is 9.02. The van der Waals surface area contributed by atoms with Gasteiger partial charge in [0.25, 0.3) is 6.01 Å². The van der Waals surface area contributed by atoms with Crippen molar-refractivity contribution in [3.63, 3.8) is 0 Å². The smallest absolute Gasteiger partial charge is 0.298 e. The third-order valence-electron chi connectivity index (χ3n) is 2.77. The second-order valence-electron chi connectivity index (χ2n) is 4.49. The number of hydrogen-bond donors (Lipinski definition) is 1. The summed E-state index contributed by atoms with van der Waals surface area (Å²) in [5.41, 5.74) is 1.76. The van der Waals surface area contributed by atoms with Gasteiger partial charge in [-0.3, -0.25) is 0 Å². The molecule has 1 aromatic heterocycles. The molecule has 96 valence electrons. The molecule has 0 spiro atoms. The van der Waals surface area contributed by atoms with Crippen molar-refractivity contribution in [2.45, 2.75) is 33.0 Å². The second kappa shape index (κ2) is 5.69. The fraction of sp³-hybridized carbons (Fsp3) is 0.357. The quantitative estimate of drug-likeness (QED) is 0.881. The minimum absolute atomic E-state index is 0.0965. The van der Waals surface area contributed by atoms with Gasteiger partial charge in [0.05, 0.1) is 6.61 Å². The minimum atomic E-state index is -0.0965. The van der Waals surface area contributed by atoms with Crippen LogP contribution in [0, 0.1) is 0 Å². The average molecular weight is 246 g/mol. The van der Waals surface area contributed by atoms with Gasteiger partial charge >= 0.3 is 0 Å². The molecular weight excluding hydrogens is 228 g/mol. The molecule has 4 heteroatoms. The van der Waals surface area contributed by atoms with E-state index in [9.17, 15) is 0 Å². The number of oxazole rings is 1. The molecular formula is C14H18N2O2. The van der Waals surface area contributed by atoms with Gasteiger partial charge in [-0.25, -0.2) is 0 Å². The third-order valence-corrected chi connectivity index (χ3v) is 2.77. The highest BCUT2D eigenvalue weighted by atomic mass is 16.4. The van der Waals surface area contributed by atoms with Gasteiger partial charge in [-0.15, -0.1) is 0 Å². The van der Waals surface area contributed by atoms with Crippen LogP contribution in [0.1, 0.15) is 25.1 Å². The summed E-state index contributed by atoms with van der Waals surface area (Å²) in [7, 11) is 0. The Morgan fingerprint density at radius 2 is 2.00 bits per heavy atom. The molecule has 0 saturated heterocycles. The number of aliphatic hydroxyl groups is 1. The highest BCUT2D eigenvalue weighted by Crippen LogP contribution is 2.19. The summed E-state index contributed by atoms with van der Waals surface area (Å²) in [6.45, 7) is 4.82. The number of rotatable bonds is 5. The standard InChI is InChI=1S/C14H18N2O2/c1-11(2)16(8-12-6-4-3-5-7-12)14-15-13(9-17)10-18-14/h3-7,10-11,17H,8-9H2,1-2H3. The first-order chi connectivity index (χ1) is 8.70. The first-order valence-electron chi connectivity index (χ1n) is 6.06. The Balaban J connectivity index is 2.18. The van der Waals surface area contributed by atoms with Crippen LogP contribution in [-0.4, -0.2) is 16.1 Å². The molecule has 0 saturated carbocycles. The van der Waals surface area contributed by atoms with Gasteiger partial charge in [-0.2, -0.15) is 4.98 Å². The van der Waals surface area contributed by atoms with E-state index in [4.69, 9.17) is 9.52 Å². The molecule has 2 rings (SSSR count). The first-order valence-corrected chi connectivity index (χ1v) is 6.06. The summed E-state index contributed by atoms with van der Waals surface area (Å²) in [6, 6.07) is 11.0. The van der Waals surface area contributed by atoms with Crippen molar-refractivity contribution < 1.29 is 9.52 Å². The number of benzene rings is 1. The van der Waals surface area contributed by atoms with Gasteiger partial charge in [-0.1, -0.05) is 30.3 Å². The Labute approximate surface area is 107 Å². The molecule has 0 unspecified atom stereocenters. The first kappa shape index (κ1) is 12.6. The average Bonchev–Trinajstić information content (AvgIpc) is 2.85. The van der Waals surface area contributed by atoms with E-state index in [1.165, 1.54) is 11.8 Å². The Hall–Kier alpha value is -1.81. The molecule has 0 aliphatic carbocycles. The van der Waals surface area contributed by atoms with Crippen molar-refractivity contribution in [1.82, 2.24) is 4.98 Å². The third kappa shape index (κ3) is 2.90. The van der Waals surface area contributed by atoms with Crippen molar-refractivity contribution in [1.29, 1.82) is 0 Å². The van der Waals surface area contributed by atoms with E-state index < -0.39 is 0 Å². The lowest BCUT2D eigenvalue weighted by Crippen LogP contribution is -2.30. The summed E-state index contributed by atoms with van der Waals surface area (Å²) < 4.78 is 5.41. The zero-order valence-electron chi connectivity index (χ0n) is 10.7. The van der Waals surface area contributed by atoms with Crippen LogP contribution in [0.3, 0.4) is 0 Å². The highest BCUT2D eigenvalue weighted by Gasteiger charge is 2.16. The largest absolute Gasteiger partial charge is 0.432 e. The van der Waals surface area contributed by atoms with E-state index in [1.54, 1.807) is 0 Å². The van der Waals surface area contributed by atoms with Gasteiger partial charge < -0.3 is 14.4 Å². The predicted octanol–water partition coefficient (Wildman–Crippen LogP) is 2.58. The van der Waals surface area contributed by atoms with Crippen LogP contribution in [-0.2, 0) is 13.2 Å². The fourth-order valence-electron chi connectivity index (χ4n) is 1.75. The molecule has 1 heterocycles. The van der Waals surface area contributed by atoms with Crippen LogP contribution in [0.4, 0.5) is 6.01 Å². The fourth-order valence-corrected chi connectivity index (χ4v) is 1.75. The summed E-state index contributed by atoms with van der Waals surface area (Å²) in [6.07, 6.45) is 1.50. The molecule has 0 aliphatic rings. The monoisotopic (exact) mass is 246 g/mol. The Kier molecular flexibility index (Phi) is 3.99. The topological polar surface area (TPSA) is 49.5 Å². The number of aromatic nitrogens is 1. The molecule has 2 aromatic rings. The summed E-state index contributed by atoms with van der Waals surface area (Å²) in [4.78, 5) is 6.32. The molecule has 0 amide bonds. The normalized spacial score (nSPS) is 10.9. The molecule has 4 nitrogen and oxygen atoms in total. The van der Waals surface area contributed by atoms with Gasteiger partial charge in [0, 0.05) is 12.6 Å². The van der Waals surface area contributed by atoms with E-state index >= 15 is 0 Å². The zero-order valence-corrected chi connectivity index (χ0v) is 10.7. The van der Waals surface area contributed by atoms with Crippen molar-refractivity contribution in [2.24, 2.45) is 0 Å². The maximum Gasteiger partial charge on any atom is 0.298 e. The molecule has 0 aliphatic heterocycles. The van der Waals surface area contributed by atoms with E-state index in [2.05, 4.69) is 35.9 Å². The van der Waals surface area contributed by atoms with Crippen LogP contribution >= 0.6 is 0 Å². The van der Waals surface area contributed by atoms with Gasteiger partial charge in [0.2, 0.25) is 0 Å². The van der Waals surface area contributed by atoms with E-state index in [-0.39, 0.29) is 12.6 Å². The number of hydrogen-bond acceptors (Lipinski definition) is 4. The molecule has 18 heavy (non-hydrogen) atoms. The van der Waals surface area contributed by atoms with Gasteiger partial charge in [0.15, 0.2) is 0 Å². The maximum absolute atomic E-state index is 9.02. The van der Waals surface area contributed by atoms with E-state index in [0.29, 0.717) is 11.7 Å². The van der Waals surface area contributed by atoms with E-state index in [1.807, 2.05) is 18.2 Å². The highest BCUT2D eigenvalue weighted by molar-refractivity contribution is 5.31. The number of anilines is 1. The summed E-state index contributed by atoms with van der Waals surface area (Å²) >= 11 is 0. The predicted molar refractivity (Wildman–Crippen MR) is 70.2 cm³/mol. The molecule has 1 N–H and O–H groups in total. The van der Waals surface area contributed by atoms with Crippen LogP contribution in [0.5, 0.6) is 0 Å². The Bertz CT molecular complexity index is 480. The lowest BCUT2D eigenvalue weighted by Gasteiger charge is -2.24. The van der Waals surface area contributed by atoms with Crippen molar-refractivity contribution in [2.75, 3.05) is 4.90 Å². The minimum Gasteiger partial charge on any atom is -0.432 e. The zero-order chi connectivity index (χ0) is 13.0. The summed E-state index contributed by atoms with van der Waals surface area (Å²) in [5, 5.41) is 9.02. The molecule has 0 fully saturated rings. The van der Waals surface area contributed by atoms with Crippen molar-refractivity contribution in [3.8, 4) is 0 Å². The van der Waals surface area contributed by atoms with Crippen LogP contribution in [0.2, 0.25) is 0 Å². The Morgan fingerprint density at radius 1 is 1.28 bits per heavy atom. The molecule has 0 radical (unpaired) electrons. The lowest BCUT2D eigenvalue weighted by molar-refractivity contribution is 0.276. The Morgan fingerprint density at radius 3 is 2.56 bits per heavy atom. The SMILES string of the molecule is CC(C)N(Cc1ccccc1)c1nc(CO)co1. The second-order valence-corrected chi connectivity index (χ2v) is 4.49. The number of aliphatic hydroxyl groups excluding tert-OH is 1. The van der Waals surface area contributed by atoms with E-state index in [0.717, 1.165) is 6.54 Å². The van der Waals surface area contributed by atoms with Crippen molar-refractivity contribution in [3.05, 3.63) is 47.9 Å². The van der Waals surface area contributed by atoms with Gasteiger partial charge in [0.1, 0.15) is 12.0 Å². The van der Waals surface area contributed by atoms with Crippen LogP contribution < -0.4 is 4.90 Å². The van der Waals surface area contributed by atoms with Crippen LogP contribution in [0.25, 0.3) is 0 Å². The van der Waals surface area contributed by atoms with Gasteiger partial charge in [-0.05, 0) is 19.4 Å². The lowest BCUT2D eigenvalue weighted by atomic mass is 10.2. The number of nitrogens with zero attached hydrogens (tertiary/aromatic N) is 2. The summed E-state index contributed by atoms with van der Waals surface area (Å²) in [5.74, 6) is 0. The molecule has 0 atom stereocenters. The van der Waals surface area contributed by atoms with Crippen molar-refractivity contribution >= 4 is 6.01 Å². The van der Waals surface area contributed by atoms with Crippen LogP contribution in [0.15, 0.2) is 41.0 Å². The molecule has 1 aromatic carbocycles.